The first-order chi connectivity index (χ1) is 6.35. The Balaban J connectivity index is 3.31. The van der Waals surface area contributed by atoms with Gasteiger partial charge in [-0.05, 0) is 49.2 Å². The molecule has 0 unspecified atom stereocenters. The summed E-state index contributed by atoms with van der Waals surface area (Å²) >= 11 is 5.41. The lowest BCUT2D eigenvalue weighted by Gasteiger charge is -2.21. The molecule has 2 N–H and O–H groups in total. The minimum atomic E-state index is -0.965. The second kappa shape index (κ2) is 3.58. The van der Waals surface area contributed by atoms with Gasteiger partial charge in [0.25, 0.3) is 0 Å². The van der Waals surface area contributed by atoms with Crippen LogP contribution in [-0.4, -0.2) is 5.24 Å². The maximum absolute atomic E-state index is 12.9. The maximum Gasteiger partial charge on any atom is 0.231 e. The van der Waals surface area contributed by atoms with Crippen LogP contribution in [0.25, 0.3) is 0 Å². The number of halogens is 2. The number of nitrogens with two attached hydrogens (primary N) is 1. The van der Waals surface area contributed by atoms with E-state index in [4.69, 9.17) is 17.3 Å². The summed E-state index contributed by atoms with van der Waals surface area (Å²) in [4.78, 5) is 11.1. The van der Waals surface area contributed by atoms with Gasteiger partial charge in [0, 0.05) is 5.69 Å². The molecular formula is C10H11ClFNO. The molecule has 0 saturated heterocycles. The Morgan fingerprint density at radius 3 is 2.57 bits per heavy atom. The van der Waals surface area contributed by atoms with Gasteiger partial charge in [-0.15, -0.1) is 0 Å². The number of carbonyl (C=O) groups excluding carboxylic acids is 1. The van der Waals surface area contributed by atoms with E-state index in [0.29, 0.717) is 11.3 Å². The zero-order valence-electron chi connectivity index (χ0n) is 7.97. The average Bonchev–Trinajstić information content (AvgIpc) is 2.08. The minimum Gasteiger partial charge on any atom is -0.398 e. The van der Waals surface area contributed by atoms with E-state index in [-0.39, 0.29) is 0 Å². The molecule has 0 saturated carbocycles. The van der Waals surface area contributed by atoms with E-state index in [1.54, 1.807) is 13.8 Å². The van der Waals surface area contributed by atoms with Crippen molar-refractivity contribution in [3.63, 3.8) is 0 Å². The van der Waals surface area contributed by atoms with Gasteiger partial charge in [0.1, 0.15) is 5.82 Å². The molecule has 0 radical (unpaired) electrons. The zero-order chi connectivity index (χ0) is 10.9. The number of carbonyl (C=O) groups is 1. The molecule has 0 fully saturated rings. The summed E-state index contributed by atoms with van der Waals surface area (Å²) < 4.78 is 12.9. The lowest BCUT2D eigenvalue weighted by molar-refractivity contribution is -0.115. The molecular weight excluding hydrogens is 205 g/mol. The van der Waals surface area contributed by atoms with Crippen LogP contribution in [0.2, 0.25) is 0 Å². The first-order valence-corrected chi connectivity index (χ1v) is 4.49. The fourth-order valence-electron chi connectivity index (χ4n) is 1.18. The molecule has 0 atom stereocenters. The van der Waals surface area contributed by atoms with Crippen LogP contribution in [-0.2, 0) is 10.2 Å². The number of benzene rings is 1. The summed E-state index contributed by atoms with van der Waals surface area (Å²) in [6.45, 7) is 3.21. The van der Waals surface area contributed by atoms with Gasteiger partial charge in [-0.1, -0.05) is 0 Å². The highest BCUT2D eigenvalue weighted by Crippen LogP contribution is 2.30. The van der Waals surface area contributed by atoms with Crippen molar-refractivity contribution >= 4 is 22.5 Å². The van der Waals surface area contributed by atoms with E-state index >= 15 is 0 Å². The monoisotopic (exact) mass is 215 g/mol. The highest BCUT2D eigenvalue weighted by Gasteiger charge is 2.30. The van der Waals surface area contributed by atoms with Crippen LogP contribution in [0.4, 0.5) is 10.1 Å². The summed E-state index contributed by atoms with van der Waals surface area (Å²) in [5.74, 6) is -0.430. The Labute approximate surface area is 86.9 Å². The third-order valence-corrected chi connectivity index (χ3v) is 2.65. The van der Waals surface area contributed by atoms with Crippen molar-refractivity contribution in [3.05, 3.63) is 29.6 Å². The zero-order valence-corrected chi connectivity index (χ0v) is 8.73. The van der Waals surface area contributed by atoms with Crippen molar-refractivity contribution in [2.45, 2.75) is 19.3 Å². The van der Waals surface area contributed by atoms with Gasteiger partial charge in [0.2, 0.25) is 5.24 Å². The molecule has 0 aliphatic rings. The van der Waals surface area contributed by atoms with Crippen LogP contribution in [0.5, 0.6) is 0 Å². The summed E-state index contributed by atoms with van der Waals surface area (Å²) in [7, 11) is 0. The Hall–Kier alpha value is -1.09. The second-order valence-corrected chi connectivity index (χ2v) is 3.97. The van der Waals surface area contributed by atoms with Crippen molar-refractivity contribution in [3.8, 4) is 0 Å². The number of rotatable bonds is 2. The normalized spacial score (nSPS) is 11.4. The van der Waals surface area contributed by atoms with Crippen molar-refractivity contribution in [2.24, 2.45) is 0 Å². The fraction of sp³-hybridized carbons (Fsp3) is 0.300. The van der Waals surface area contributed by atoms with E-state index < -0.39 is 16.5 Å². The number of hydrogen-bond donors (Lipinski definition) is 1. The van der Waals surface area contributed by atoms with E-state index in [1.165, 1.54) is 18.2 Å². The summed E-state index contributed by atoms with van der Waals surface area (Å²) in [5.41, 5.74) is 5.45. The van der Waals surface area contributed by atoms with Gasteiger partial charge >= 0.3 is 0 Å². The minimum absolute atomic E-state index is 0.366. The predicted molar refractivity (Wildman–Crippen MR) is 54.7 cm³/mol. The van der Waals surface area contributed by atoms with Crippen LogP contribution < -0.4 is 5.73 Å². The molecule has 1 aromatic rings. The molecule has 0 heterocycles. The molecule has 76 valence electrons. The van der Waals surface area contributed by atoms with E-state index in [0.717, 1.165) is 0 Å². The van der Waals surface area contributed by atoms with Crippen molar-refractivity contribution in [1.82, 2.24) is 0 Å². The Bertz CT molecular complexity index is 376. The predicted octanol–water partition coefficient (Wildman–Crippen LogP) is 2.45. The third kappa shape index (κ3) is 1.87. The van der Waals surface area contributed by atoms with Gasteiger partial charge in [-0.3, -0.25) is 4.79 Å². The van der Waals surface area contributed by atoms with E-state index in [2.05, 4.69) is 0 Å². The molecule has 0 aliphatic heterocycles. The standard InChI is InChI=1S/C10H11ClFNO/c1-10(2,9(11)14)7-5-6(12)3-4-8(7)13/h3-5H,13H2,1-2H3. The fourth-order valence-corrected chi connectivity index (χ4v) is 1.28. The van der Waals surface area contributed by atoms with Crippen LogP contribution >= 0.6 is 11.6 Å². The molecule has 4 heteroatoms. The van der Waals surface area contributed by atoms with E-state index in [9.17, 15) is 9.18 Å². The van der Waals surface area contributed by atoms with Crippen LogP contribution in [0.3, 0.4) is 0 Å². The Kier molecular flexibility index (Phi) is 2.81. The van der Waals surface area contributed by atoms with Gasteiger partial charge in [-0.25, -0.2) is 4.39 Å². The van der Waals surface area contributed by atoms with Gasteiger partial charge in [0.05, 0.1) is 5.41 Å². The summed E-state index contributed by atoms with van der Waals surface area (Å²) in [6.07, 6.45) is 0. The lowest BCUT2D eigenvalue weighted by atomic mass is 9.85. The van der Waals surface area contributed by atoms with Gasteiger partial charge in [-0.2, -0.15) is 0 Å². The SMILES string of the molecule is CC(C)(C(=O)Cl)c1cc(F)ccc1N. The first kappa shape index (κ1) is 11.0. The smallest absolute Gasteiger partial charge is 0.231 e. The third-order valence-electron chi connectivity index (χ3n) is 2.18. The van der Waals surface area contributed by atoms with Crippen LogP contribution in [0.1, 0.15) is 19.4 Å². The quantitative estimate of drug-likeness (QED) is 0.608. The number of hydrogen-bond acceptors (Lipinski definition) is 2. The molecule has 0 amide bonds. The highest BCUT2D eigenvalue weighted by molar-refractivity contribution is 6.65. The lowest BCUT2D eigenvalue weighted by Crippen LogP contribution is -2.26. The molecule has 0 aliphatic carbocycles. The van der Waals surface area contributed by atoms with Gasteiger partial charge < -0.3 is 5.73 Å². The highest BCUT2D eigenvalue weighted by atomic mass is 35.5. The average molecular weight is 216 g/mol. The Morgan fingerprint density at radius 2 is 2.07 bits per heavy atom. The first-order valence-electron chi connectivity index (χ1n) is 4.11. The van der Waals surface area contributed by atoms with E-state index in [1.807, 2.05) is 0 Å². The topological polar surface area (TPSA) is 43.1 Å². The van der Waals surface area contributed by atoms with Crippen LogP contribution in [0, 0.1) is 5.82 Å². The Morgan fingerprint density at radius 1 is 1.50 bits per heavy atom. The van der Waals surface area contributed by atoms with Crippen LogP contribution in [0.15, 0.2) is 18.2 Å². The molecule has 0 bridgehead atoms. The number of anilines is 1. The molecule has 0 spiro atoms. The van der Waals surface area contributed by atoms with Crippen molar-refractivity contribution < 1.29 is 9.18 Å². The summed E-state index contributed by atoms with van der Waals surface area (Å²) in [5, 5.41) is -0.560. The maximum atomic E-state index is 12.9. The van der Waals surface area contributed by atoms with Gasteiger partial charge in [0.15, 0.2) is 0 Å². The van der Waals surface area contributed by atoms with Crippen molar-refractivity contribution in [2.75, 3.05) is 5.73 Å². The molecule has 2 nitrogen and oxygen atoms in total. The summed E-state index contributed by atoms with van der Waals surface area (Å²) in [6, 6.07) is 3.90. The van der Waals surface area contributed by atoms with Crippen molar-refractivity contribution in [1.29, 1.82) is 0 Å². The second-order valence-electron chi connectivity index (χ2n) is 3.63. The molecule has 14 heavy (non-hydrogen) atoms. The molecule has 1 aromatic carbocycles. The molecule has 1 rings (SSSR count). The largest absolute Gasteiger partial charge is 0.398 e. The molecule has 0 aromatic heterocycles. The number of nitrogen functional groups attached to an aromatic ring is 1.